The van der Waals surface area contributed by atoms with E-state index in [-0.39, 0.29) is 11.8 Å². The summed E-state index contributed by atoms with van der Waals surface area (Å²) >= 11 is 0. The highest BCUT2D eigenvalue weighted by molar-refractivity contribution is 5.99. The van der Waals surface area contributed by atoms with Crippen molar-refractivity contribution in [3.63, 3.8) is 0 Å². The number of hydrogen-bond acceptors (Lipinski definition) is 4. The Balaban J connectivity index is 1.47. The first-order chi connectivity index (χ1) is 15.8. The fourth-order valence-electron chi connectivity index (χ4n) is 5.63. The molecule has 1 saturated heterocycles. The van der Waals surface area contributed by atoms with Crippen LogP contribution in [-0.4, -0.2) is 67.2 Å². The number of hydrogen-bond donors (Lipinski definition) is 1. The Labute approximate surface area is 197 Å². The maximum Gasteiger partial charge on any atom is 0.253 e. The Hall–Kier alpha value is -2.38. The Morgan fingerprint density at radius 3 is 2.61 bits per heavy atom. The van der Waals surface area contributed by atoms with Crippen molar-refractivity contribution in [2.75, 3.05) is 40.9 Å². The van der Waals surface area contributed by atoms with Crippen LogP contribution in [0.1, 0.15) is 53.7 Å². The minimum Gasteiger partial charge on any atom is -0.381 e. The van der Waals surface area contributed by atoms with E-state index in [1.54, 1.807) is 24.0 Å². The van der Waals surface area contributed by atoms with Gasteiger partial charge in [0.1, 0.15) is 0 Å². The largest absolute Gasteiger partial charge is 0.381 e. The molecule has 0 saturated carbocycles. The van der Waals surface area contributed by atoms with Crippen molar-refractivity contribution in [1.82, 2.24) is 19.9 Å². The third-order valence-electron chi connectivity index (χ3n) is 7.43. The van der Waals surface area contributed by atoms with Gasteiger partial charge in [0.2, 0.25) is 5.91 Å². The molecule has 2 amide bonds. The number of hydrazine groups is 1. The Morgan fingerprint density at radius 1 is 1.12 bits per heavy atom. The van der Waals surface area contributed by atoms with E-state index < -0.39 is 0 Å². The first-order valence-electron chi connectivity index (χ1n) is 12.3. The summed E-state index contributed by atoms with van der Waals surface area (Å²) in [5.74, 6) is 1.45. The summed E-state index contributed by atoms with van der Waals surface area (Å²) in [5, 5.41) is 2.87. The van der Waals surface area contributed by atoms with Gasteiger partial charge in [0.25, 0.3) is 5.91 Å². The number of fused-ring (bicyclic) bond motifs is 3. The van der Waals surface area contributed by atoms with Crippen molar-refractivity contribution >= 4 is 22.7 Å². The molecule has 1 aromatic carbocycles. The van der Waals surface area contributed by atoms with E-state index in [0.717, 1.165) is 37.5 Å². The van der Waals surface area contributed by atoms with Gasteiger partial charge in [0.15, 0.2) is 0 Å². The van der Waals surface area contributed by atoms with Gasteiger partial charge >= 0.3 is 0 Å². The van der Waals surface area contributed by atoms with Gasteiger partial charge in [-0.25, -0.2) is 5.01 Å². The second-order valence-electron chi connectivity index (χ2n) is 9.93. The van der Waals surface area contributed by atoms with Crippen LogP contribution < -0.4 is 5.43 Å². The van der Waals surface area contributed by atoms with Crippen LogP contribution in [0.5, 0.6) is 0 Å². The van der Waals surface area contributed by atoms with Crippen molar-refractivity contribution < 1.29 is 14.3 Å². The van der Waals surface area contributed by atoms with Crippen LogP contribution in [0, 0.1) is 11.8 Å². The van der Waals surface area contributed by atoms with Gasteiger partial charge < -0.3 is 14.2 Å². The number of amides is 2. The minimum atomic E-state index is -0.0303. The highest BCUT2D eigenvalue weighted by atomic mass is 16.5. The molecule has 1 aliphatic carbocycles. The Morgan fingerprint density at radius 2 is 1.88 bits per heavy atom. The molecule has 0 bridgehead atoms. The SMILES string of the molecule is CN(C)NC(=O)CCCN(C)C(=O)c1ccc2c(c1)c1c(n2C)CCC(C2CCOCC2)C1. The zero-order valence-electron chi connectivity index (χ0n) is 20.5. The average molecular weight is 455 g/mol. The summed E-state index contributed by atoms with van der Waals surface area (Å²) in [4.78, 5) is 26.7. The molecule has 1 fully saturated rings. The molecular weight excluding hydrogens is 416 g/mol. The molecule has 1 atom stereocenters. The van der Waals surface area contributed by atoms with Crippen molar-refractivity contribution in [2.24, 2.45) is 18.9 Å². The minimum absolute atomic E-state index is 0.0132. The predicted molar refractivity (Wildman–Crippen MR) is 130 cm³/mol. The van der Waals surface area contributed by atoms with E-state index in [2.05, 4.69) is 29.2 Å². The van der Waals surface area contributed by atoms with Crippen molar-refractivity contribution in [3.05, 3.63) is 35.0 Å². The van der Waals surface area contributed by atoms with Gasteiger partial charge in [-0.05, 0) is 74.1 Å². The van der Waals surface area contributed by atoms with Gasteiger partial charge in [-0.1, -0.05) is 0 Å². The summed E-state index contributed by atoms with van der Waals surface area (Å²) in [6.07, 6.45) is 6.84. The lowest BCUT2D eigenvalue weighted by molar-refractivity contribution is -0.124. The number of carbonyl (C=O) groups excluding carboxylic acids is 2. The first kappa shape index (κ1) is 23.8. The number of rotatable bonds is 7. The van der Waals surface area contributed by atoms with Crippen LogP contribution in [0.3, 0.4) is 0 Å². The molecule has 0 radical (unpaired) electrons. The van der Waals surface area contributed by atoms with Crippen molar-refractivity contribution in [3.8, 4) is 0 Å². The molecule has 33 heavy (non-hydrogen) atoms. The molecule has 180 valence electrons. The zero-order valence-corrected chi connectivity index (χ0v) is 20.5. The third kappa shape index (κ3) is 5.25. The van der Waals surface area contributed by atoms with Gasteiger partial charge in [0.05, 0.1) is 0 Å². The normalized spacial score (nSPS) is 19.0. The van der Waals surface area contributed by atoms with Crippen LogP contribution in [-0.2, 0) is 29.4 Å². The highest BCUT2D eigenvalue weighted by Gasteiger charge is 2.31. The molecule has 1 N–H and O–H groups in total. The second kappa shape index (κ2) is 10.3. The van der Waals surface area contributed by atoms with E-state index in [9.17, 15) is 9.59 Å². The van der Waals surface area contributed by atoms with Crippen LogP contribution in [0.15, 0.2) is 18.2 Å². The third-order valence-corrected chi connectivity index (χ3v) is 7.43. The monoisotopic (exact) mass is 454 g/mol. The number of nitrogens with one attached hydrogen (secondary N) is 1. The van der Waals surface area contributed by atoms with Crippen LogP contribution in [0.4, 0.5) is 0 Å². The first-order valence-corrected chi connectivity index (χ1v) is 12.3. The molecule has 1 aromatic heterocycles. The molecule has 0 spiro atoms. The van der Waals surface area contributed by atoms with E-state index in [1.807, 2.05) is 13.1 Å². The maximum absolute atomic E-state index is 13.1. The van der Waals surface area contributed by atoms with Crippen LogP contribution >= 0.6 is 0 Å². The van der Waals surface area contributed by atoms with Gasteiger partial charge in [-0.3, -0.25) is 15.0 Å². The highest BCUT2D eigenvalue weighted by Crippen LogP contribution is 2.39. The lowest BCUT2D eigenvalue weighted by Crippen LogP contribution is -2.36. The summed E-state index contributed by atoms with van der Waals surface area (Å²) in [7, 11) is 7.55. The summed E-state index contributed by atoms with van der Waals surface area (Å²) in [6.45, 7) is 2.34. The van der Waals surface area contributed by atoms with E-state index >= 15 is 0 Å². The standard InChI is InChI=1S/C26H38N4O3/c1-28(2)27-25(31)6-5-13-29(3)26(32)20-8-10-24-22(17-20)21-16-19(7-9-23(21)30(24)4)18-11-14-33-15-12-18/h8,10,17-19H,5-7,9,11-16H2,1-4H3,(H,27,31). The van der Waals surface area contributed by atoms with Crippen molar-refractivity contribution in [1.29, 1.82) is 0 Å². The van der Waals surface area contributed by atoms with E-state index in [0.29, 0.717) is 25.3 Å². The number of aromatic nitrogens is 1. The van der Waals surface area contributed by atoms with E-state index in [4.69, 9.17) is 4.74 Å². The van der Waals surface area contributed by atoms with Crippen LogP contribution in [0.2, 0.25) is 0 Å². The molecule has 1 unspecified atom stereocenters. The molecular formula is C26H38N4O3. The number of nitrogens with zero attached hydrogens (tertiary/aromatic N) is 3. The average Bonchev–Trinajstić information content (AvgIpc) is 3.09. The quantitative estimate of drug-likeness (QED) is 0.653. The Kier molecular flexibility index (Phi) is 7.39. The number of aryl methyl sites for hydroxylation is 1. The number of benzene rings is 1. The smallest absolute Gasteiger partial charge is 0.253 e. The number of ether oxygens (including phenoxy) is 1. The Bertz CT molecular complexity index is 1010. The lowest BCUT2D eigenvalue weighted by atomic mass is 9.75. The lowest BCUT2D eigenvalue weighted by Gasteiger charge is -2.33. The second-order valence-corrected chi connectivity index (χ2v) is 9.93. The van der Waals surface area contributed by atoms with Crippen LogP contribution in [0.25, 0.3) is 10.9 Å². The molecule has 4 rings (SSSR count). The fourth-order valence-corrected chi connectivity index (χ4v) is 5.63. The van der Waals surface area contributed by atoms with E-state index in [1.165, 1.54) is 41.4 Å². The molecule has 7 nitrogen and oxygen atoms in total. The predicted octanol–water partition coefficient (Wildman–Crippen LogP) is 3.15. The van der Waals surface area contributed by atoms with Gasteiger partial charge in [0, 0.05) is 76.5 Å². The molecule has 7 heteroatoms. The number of carbonyl (C=O) groups is 2. The molecule has 2 heterocycles. The fraction of sp³-hybridized carbons (Fsp3) is 0.615. The van der Waals surface area contributed by atoms with Crippen molar-refractivity contribution in [2.45, 2.75) is 44.9 Å². The molecule has 1 aliphatic heterocycles. The molecule has 2 aliphatic rings. The summed E-state index contributed by atoms with van der Waals surface area (Å²) < 4.78 is 7.91. The molecule has 2 aromatic rings. The van der Waals surface area contributed by atoms with Gasteiger partial charge in [-0.2, -0.15) is 0 Å². The topological polar surface area (TPSA) is 66.8 Å². The zero-order chi connectivity index (χ0) is 23.5. The maximum atomic E-state index is 13.1. The summed E-state index contributed by atoms with van der Waals surface area (Å²) in [6, 6.07) is 6.14. The van der Waals surface area contributed by atoms with Gasteiger partial charge in [-0.15, -0.1) is 0 Å². The summed E-state index contributed by atoms with van der Waals surface area (Å²) in [5.41, 5.74) is 7.55.